The second-order valence-electron chi connectivity index (χ2n) is 18.7. The number of aromatic nitrogens is 2. The maximum atomic E-state index is 14.6. The Bertz CT molecular complexity index is 2290. The van der Waals surface area contributed by atoms with E-state index in [1.165, 1.54) is 9.91 Å². The predicted molar refractivity (Wildman–Crippen MR) is 247 cm³/mol. The van der Waals surface area contributed by atoms with Crippen LogP contribution in [0.25, 0.3) is 22.2 Å². The number of thioether (sulfide) groups is 1. The van der Waals surface area contributed by atoms with Gasteiger partial charge < -0.3 is 34.9 Å². The summed E-state index contributed by atoms with van der Waals surface area (Å²) in [4.78, 5) is 82.1. The molecule has 0 saturated carbocycles. The number of pyridine rings is 1. The molecule has 0 radical (unpaired) electrons. The Morgan fingerprint density at radius 1 is 1.14 bits per heavy atom. The van der Waals surface area contributed by atoms with Crippen molar-refractivity contribution in [3.05, 3.63) is 53.3 Å². The fraction of sp³-hybridized carbons (Fsp3) is 0.596. The molecule has 0 spiro atoms. The first kappa shape index (κ1) is 47.1. The molecule has 4 N–H and O–H groups in total. The molecule has 6 atom stereocenters. The number of likely N-dealkylation sites (tertiary alicyclic amines) is 1. The Kier molecular flexibility index (Phi) is 14.5. The van der Waals surface area contributed by atoms with Gasteiger partial charge in [-0.05, 0) is 80.8 Å². The van der Waals surface area contributed by atoms with Gasteiger partial charge in [-0.15, -0.1) is 11.8 Å². The SMILES string of the molecule is CCn1c(-c2cccnc2[C@H](C)OC)c2c3cc(ccc31)C1CSC(=N1)C[C@H](NC(=O)[C@H](C(C)C)N(C)C(=O)[C@H]1CCN(C(=O)CN)C1)C(=O)N1CCC[C@H](N1)C(=O)OCC(C)(C)C2. The normalized spacial score (nSPS) is 23.7. The standard InChI is InChI=1S/C47H65N9O7S/c1-9-55-37-15-14-29-20-32(37)33(42(55)31-12-10-17-49-40(31)28(4)62-8)22-47(5,6)26-63-46(61)34-13-11-18-56(52-34)45(60)35(21-38-50-36(29)25-64-38)51-43(58)41(27(2)3)53(7)44(59)30-16-19-54(24-30)39(57)23-48/h10,12,14-15,17,20,27-28,30,34-36,41,52H,9,11,13,16,18-19,21-26,48H2,1-8H3,(H,51,58)/t28-,30-,34-,35-,36?,41-/m0/s1. The summed E-state index contributed by atoms with van der Waals surface area (Å²) in [7, 11) is 3.29. The van der Waals surface area contributed by atoms with E-state index in [4.69, 9.17) is 25.2 Å². The van der Waals surface area contributed by atoms with Crippen molar-refractivity contribution in [1.29, 1.82) is 0 Å². The van der Waals surface area contributed by atoms with E-state index < -0.39 is 47.2 Å². The number of nitrogens with two attached hydrogens (primary N) is 1. The molecule has 4 aliphatic rings. The zero-order chi connectivity index (χ0) is 46.0. The lowest BCUT2D eigenvalue weighted by Crippen LogP contribution is -2.62. The zero-order valence-electron chi connectivity index (χ0n) is 38.5. The summed E-state index contributed by atoms with van der Waals surface area (Å²) >= 11 is 1.56. The minimum atomic E-state index is -1.05. The fourth-order valence-electron chi connectivity index (χ4n) is 9.72. The molecule has 4 amide bonds. The van der Waals surface area contributed by atoms with E-state index in [1.807, 2.05) is 26.8 Å². The summed E-state index contributed by atoms with van der Waals surface area (Å²) in [5.74, 6) is -1.91. The van der Waals surface area contributed by atoms with E-state index in [0.29, 0.717) is 51.1 Å². The van der Waals surface area contributed by atoms with Gasteiger partial charge in [-0.1, -0.05) is 33.8 Å². The molecule has 16 nitrogen and oxygen atoms in total. The maximum Gasteiger partial charge on any atom is 0.324 e. The molecular formula is C47H65N9O7S. The van der Waals surface area contributed by atoms with Crippen molar-refractivity contribution >= 4 is 57.3 Å². The largest absolute Gasteiger partial charge is 0.464 e. The Morgan fingerprint density at radius 3 is 2.64 bits per heavy atom. The highest BCUT2D eigenvalue weighted by Gasteiger charge is 2.41. The smallest absolute Gasteiger partial charge is 0.324 e. The number of hydrogen-bond donors (Lipinski definition) is 3. The van der Waals surface area contributed by atoms with Gasteiger partial charge in [0.1, 0.15) is 18.1 Å². The van der Waals surface area contributed by atoms with Gasteiger partial charge in [0.25, 0.3) is 5.91 Å². The number of aliphatic imine (C=N–C) groups is 1. The molecule has 64 heavy (non-hydrogen) atoms. The van der Waals surface area contributed by atoms with Gasteiger partial charge in [-0.2, -0.15) is 0 Å². The number of aryl methyl sites for hydroxylation is 1. The summed E-state index contributed by atoms with van der Waals surface area (Å²) in [5, 5.41) is 6.27. The van der Waals surface area contributed by atoms with Gasteiger partial charge in [0.15, 0.2) is 0 Å². The third-order valence-corrected chi connectivity index (χ3v) is 14.2. The number of hydrogen-bond acceptors (Lipinski definition) is 12. The minimum absolute atomic E-state index is 0.125. The summed E-state index contributed by atoms with van der Waals surface area (Å²) in [6.07, 6.45) is 3.76. The quantitative estimate of drug-likeness (QED) is 0.244. The topological polar surface area (TPSA) is 194 Å². The number of rotatable bonds is 10. The molecule has 2 saturated heterocycles. The lowest BCUT2D eigenvalue weighted by atomic mass is 9.84. The average molecular weight is 900 g/mol. The number of fused-ring (bicyclic) bond motifs is 5. The number of cyclic esters (lactones) is 1. The van der Waals surface area contributed by atoms with E-state index in [-0.39, 0.29) is 56.0 Å². The molecular weight excluding hydrogens is 835 g/mol. The highest BCUT2D eigenvalue weighted by Crippen LogP contribution is 2.42. The van der Waals surface area contributed by atoms with Crippen molar-refractivity contribution in [2.45, 2.75) is 110 Å². The van der Waals surface area contributed by atoms with Crippen LogP contribution in [0, 0.1) is 17.3 Å². The van der Waals surface area contributed by atoms with Gasteiger partial charge >= 0.3 is 5.97 Å². The number of amides is 4. The number of methoxy groups -OCH3 is 1. The molecule has 4 aliphatic heterocycles. The van der Waals surface area contributed by atoms with Crippen LogP contribution >= 0.6 is 11.8 Å². The first-order valence-corrected chi connectivity index (χ1v) is 23.7. The number of carbonyl (C=O) groups excluding carboxylic acids is 5. The van der Waals surface area contributed by atoms with Crippen LogP contribution in [0.3, 0.4) is 0 Å². The van der Waals surface area contributed by atoms with Gasteiger partial charge in [-0.3, -0.25) is 39.0 Å². The summed E-state index contributed by atoms with van der Waals surface area (Å²) in [6, 6.07) is 7.66. The average Bonchev–Trinajstić information content (AvgIpc) is 4.05. The third kappa shape index (κ3) is 9.72. The van der Waals surface area contributed by atoms with Crippen LogP contribution < -0.4 is 16.5 Å². The molecule has 17 heteroatoms. The molecule has 1 aromatic carbocycles. The van der Waals surface area contributed by atoms with Crippen LogP contribution in [-0.2, 0) is 46.4 Å². The van der Waals surface area contributed by atoms with Gasteiger partial charge in [0.05, 0.1) is 47.6 Å². The second-order valence-corrected chi connectivity index (χ2v) is 19.8. The van der Waals surface area contributed by atoms with Crippen molar-refractivity contribution in [2.75, 3.05) is 52.7 Å². The molecule has 346 valence electrons. The summed E-state index contributed by atoms with van der Waals surface area (Å²) < 4.78 is 14.2. The number of hydrazine groups is 1. The second kappa shape index (κ2) is 19.7. The van der Waals surface area contributed by atoms with Crippen LogP contribution in [0.1, 0.15) is 96.2 Å². The van der Waals surface area contributed by atoms with Gasteiger partial charge in [0, 0.05) is 80.6 Å². The van der Waals surface area contributed by atoms with Crippen LogP contribution in [-0.4, -0.2) is 130 Å². The Labute approximate surface area is 380 Å². The number of ether oxygens (including phenoxy) is 2. The predicted octanol–water partition coefficient (Wildman–Crippen LogP) is 4.40. The summed E-state index contributed by atoms with van der Waals surface area (Å²) in [6.45, 7) is 13.8. The number of benzene rings is 1. The third-order valence-electron chi connectivity index (χ3n) is 13.2. The van der Waals surface area contributed by atoms with Crippen LogP contribution in [0.4, 0.5) is 0 Å². The molecule has 6 heterocycles. The number of likely N-dealkylation sites (N-methyl/N-ethyl adjacent to an activating group) is 1. The van der Waals surface area contributed by atoms with Crippen molar-refractivity contribution in [3.63, 3.8) is 0 Å². The summed E-state index contributed by atoms with van der Waals surface area (Å²) in [5.41, 5.74) is 14.4. The lowest BCUT2D eigenvalue weighted by Gasteiger charge is -2.37. The number of esters is 1. The van der Waals surface area contributed by atoms with E-state index in [2.05, 4.69) is 60.3 Å². The van der Waals surface area contributed by atoms with E-state index in [0.717, 1.165) is 44.0 Å². The molecule has 0 aliphatic carbocycles. The highest BCUT2D eigenvalue weighted by molar-refractivity contribution is 8.14. The molecule has 3 aromatic rings. The van der Waals surface area contributed by atoms with Crippen molar-refractivity contribution < 1.29 is 33.4 Å². The Balaban J connectivity index is 1.25. The van der Waals surface area contributed by atoms with Crippen molar-refractivity contribution in [3.8, 4) is 11.3 Å². The molecule has 2 aromatic heterocycles. The number of nitrogens with one attached hydrogen (secondary N) is 2. The van der Waals surface area contributed by atoms with E-state index >= 15 is 0 Å². The van der Waals surface area contributed by atoms with E-state index in [9.17, 15) is 24.0 Å². The van der Waals surface area contributed by atoms with Crippen LogP contribution in [0.15, 0.2) is 41.5 Å². The fourth-order valence-corrected chi connectivity index (χ4v) is 10.8. The zero-order valence-corrected chi connectivity index (χ0v) is 39.3. The van der Waals surface area contributed by atoms with Crippen LogP contribution in [0.5, 0.6) is 0 Å². The van der Waals surface area contributed by atoms with Crippen LogP contribution in [0.2, 0.25) is 0 Å². The lowest BCUT2D eigenvalue weighted by molar-refractivity contribution is -0.155. The number of nitrogens with zero attached hydrogens (tertiary/aromatic N) is 6. The first-order chi connectivity index (χ1) is 30.5. The molecule has 7 rings (SSSR count). The molecule has 6 bridgehead atoms. The minimum Gasteiger partial charge on any atom is -0.464 e. The first-order valence-electron chi connectivity index (χ1n) is 22.7. The van der Waals surface area contributed by atoms with Crippen molar-refractivity contribution in [1.82, 2.24) is 35.1 Å². The van der Waals surface area contributed by atoms with Gasteiger partial charge in [0.2, 0.25) is 17.7 Å². The molecule has 2 fully saturated rings. The van der Waals surface area contributed by atoms with Crippen molar-refractivity contribution in [2.24, 2.45) is 28.0 Å². The highest BCUT2D eigenvalue weighted by atomic mass is 32.2. The van der Waals surface area contributed by atoms with E-state index in [1.54, 1.807) is 37.0 Å². The number of carbonyl (C=O) groups is 5. The Hall–Kier alpha value is -4.84. The maximum absolute atomic E-state index is 14.6. The monoisotopic (exact) mass is 899 g/mol. The molecule has 1 unspecified atom stereocenters. The Morgan fingerprint density at radius 2 is 1.92 bits per heavy atom. The van der Waals surface area contributed by atoms with Gasteiger partial charge in [-0.25, -0.2) is 5.43 Å².